The third-order valence-corrected chi connectivity index (χ3v) is 3.11. The van der Waals surface area contributed by atoms with E-state index in [1.807, 2.05) is 13.8 Å². The maximum Gasteiger partial charge on any atom is 0.251 e. The molecule has 3 N–H and O–H groups in total. The zero-order valence-corrected chi connectivity index (χ0v) is 12.1. The van der Waals surface area contributed by atoms with Gasteiger partial charge < -0.3 is 11.1 Å². The van der Waals surface area contributed by atoms with Crippen molar-refractivity contribution in [2.45, 2.75) is 32.7 Å². The first-order chi connectivity index (χ1) is 8.43. The van der Waals surface area contributed by atoms with Crippen molar-refractivity contribution in [3.05, 3.63) is 34.3 Å². The number of halogens is 1. The van der Waals surface area contributed by atoms with E-state index in [0.717, 1.165) is 12.0 Å². The van der Waals surface area contributed by atoms with Crippen molar-refractivity contribution in [1.82, 2.24) is 5.32 Å². The lowest BCUT2D eigenvalue weighted by Crippen LogP contribution is -2.37. The fraction of sp³-hybridized carbons (Fsp3) is 0.385. The van der Waals surface area contributed by atoms with Crippen LogP contribution in [-0.2, 0) is 0 Å². The van der Waals surface area contributed by atoms with Gasteiger partial charge in [-0.2, -0.15) is 0 Å². The molecule has 0 spiro atoms. The summed E-state index contributed by atoms with van der Waals surface area (Å²) in [5.74, 6) is -0.118. The average molecular weight is 285 g/mol. The molecule has 1 rings (SSSR count). The van der Waals surface area contributed by atoms with Gasteiger partial charge in [0.05, 0.1) is 4.99 Å². The fourth-order valence-corrected chi connectivity index (χ4v) is 2.11. The number of hydrogen-bond acceptors (Lipinski definition) is 2. The monoisotopic (exact) mass is 284 g/mol. The van der Waals surface area contributed by atoms with Gasteiger partial charge in [-0.05, 0) is 37.1 Å². The second kappa shape index (κ2) is 6.71. The van der Waals surface area contributed by atoms with E-state index in [-0.39, 0.29) is 11.9 Å². The van der Waals surface area contributed by atoms with Gasteiger partial charge >= 0.3 is 0 Å². The highest BCUT2D eigenvalue weighted by Crippen LogP contribution is 2.15. The largest absolute Gasteiger partial charge is 0.393 e. The summed E-state index contributed by atoms with van der Waals surface area (Å²) in [6.07, 6.45) is 1.31. The van der Waals surface area contributed by atoms with E-state index in [4.69, 9.17) is 29.6 Å². The fourth-order valence-electron chi connectivity index (χ4n) is 1.69. The Balaban J connectivity index is 2.77. The first-order valence-corrected chi connectivity index (χ1v) is 6.58. The lowest BCUT2D eigenvalue weighted by molar-refractivity contribution is 0.0936. The second-order valence-electron chi connectivity index (χ2n) is 4.21. The van der Waals surface area contributed by atoms with E-state index in [1.165, 1.54) is 0 Å². The van der Waals surface area contributed by atoms with Gasteiger partial charge in [0, 0.05) is 23.0 Å². The number of amides is 1. The van der Waals surface area contributed by atoms with Crippen molar-refractivity contribution >= 4 is 34.7 Å². The van der Waals surface area contributed by atoms with Crippen LogP contribution in [-0.4, -0.2) is 16.9 Å². The number of hydrogen-bond donors (Lipinski definition) is 2. The van der Waals surface area contributed by atoms with Crippen molar-refractivity contribution in [2.75, 3.05) is 0 Å². The summed E-state index contributed by atoms with van der Waals surface area (Å²) in [7, 11) is 0. The number of carbonyl (C=O) groups excluding carboxylic acids is 1. The lowest BCUT2D eigenvalue weighted by Gasteiger charge is -2.17. The van der Waals surface area contributed by atoms with Crippen LogP contribution in [0.3, 0.4) is 0 Å². The molecule has 0 aliphatic carbocycles. The number of nitrogens with one attached hydrogen (secondary N) is 1. The quantitative estimate of drug-likeness (QED) is 0.818. The lowest BCUT2D eigenvalue weighted by atomic mass is 10.1. The van der Waals surface area contributed by atoms with Crippen molar-refractivity contribution in [3.63, 3.8) is 0 Å². The molecule has 5 heteroatoms. The van der Waals surface area contributed by atoms with E-state index in [2.05, 4.69) is 5.32 Å². The van der Waals surface area contributed by atoms with Crippen LogP contribution in [0.1, 0.15) is 35.7 Å². The Kier molecular flexibility index (Phi) is 5.56. The van der Waals surface area contributed by atoms with E-state index >= 15 is 0 Å². The molecule has 1 unspecified atom stereocenters. The summed E-state index contributed by atoms with van der Waals surface area (Å²) in [6, 6.07) is 5.17. The summed E-state index contributed by atoms with van der Waals surface area (Å²) in [4.78, 5) is 12.5. The predicted octanol–water partition coefficient (Wildman–Crippen LogP) is 2.83. The van der Waals surface area contributed by atoms with Gasteiger partial charge in [-0.15, -0.1) is 0 Å². The highest BCUT2D eigenvalue weighted by Gasteiger charge is 2.14. The Hall–Kier alpha value is -1.13. The van der Waals surface area contributed by atoms with E-state index in [0.29, 0.717) is 22.0 Å². The SMILES string of the molecule is CCC(CC(N)=S)NC(=O)c1ccc(Cl)cc1C. The van der Waals surface area contributed by atoms with Crippen LogP contribution in [0.15, 0.2) is 18.2 Å². The van der Waals surface area contributed by atoms with Gasteiger partial charge in [-0.3, -0.25) is 4.79 Å². The highest BCUT2D eigenvalue weighted by atomic mass is 35.5. The standard InChI is InChI=1S/C13H17ClN2OS/c1-3-10(7-12(15)18)16-13(17)11-5-4-9(14)6-8(11)2/h4-6,10H,3,7H2,1-2H3,(H2,15,18)(H,16,17). The molecule has 1 aromatic carbocycles. The molecule has 1 aromatic rings. The molecular weight excluding hydrogens is 268 g/mol. The summed E-state index contributed by atoms with van der Waals surface area (Å²) < 4.78 is 0. The molecule has 3 nitrogen and oxygen atoms in total. The summed E-state index contributed by atoms with van der Waals surface area (Å²) >= 11 is 10.7. The maximum absolute atomic E-state index is 12.1. The minimum Gasteiger partial charge on any atom is -0.393 e. The third-order valence-electron chi connectivity index (χ3n) is 2.71. The second-order valence-corrected chi connectivity index (χ2v) is 5.17. The molecule has 0 heterocycles. The normalized spacial score (nSPS) is 11.9. The van der Waals surface area contributed by atoms with E-state index in [9.17, 15) is 4.79 Å². The minimum absolute atomic E-state index is 0.0231. The number of carbonyl (C=O) groups is 1. The van der Waals surface area contributed by atoms with Gasteiger partial charge in [-0.25, -0.2) is 0 Å². The number of rotatable bonds is 5. The van der Waals surface area contributed by atoms with Crippen molar-refractivity contribution in [1.29, 1.82) is 0 Å². The molecule has 0 radical (unpaired) electrons. The summed E-state index contributed by atoms with van der Waals surface area (Å²) in [5.41, 5.74) is 6.97. The van der Waals surface area contributed by atoms with Crippen LogP contribution in [0.2, 0.25) is 5.02 Å². The number of nitrogens with two attached hydrogens (primary N) is 1. The Morgan fingerprint density at radius 1 is 1.56 bits per heavy atom. The van der Waals surface area contributed by atoms with Gasteiger partial charge in [0.25, 0.3) is 5.91 Å². The van der Waals surface area contributed by atoms with E-state index in [1.54, 1.807) is 18.2 Å². The van der Waals surface area contributed by atoms with Crippen LogP contribution in [0, 0.1) is 6.92 Å². The Bertz CT molecular complexity index is 462. The third kappa shape index (κ3) is 4.27. The molecule has 0 bridgehead atoms. The van der Waals surface area contributed by atoms with Crippen LogP contribution < -0.4 is 11.1 Å². The van der Waals surface area contributed by atoms with Gasteiger partial charge in [-0.1, -0.05) is 30.7 Å². The van der Waals surface area contributed by atoms with Crippen LogP contribution in [0.5, 0.6) is 0 Å². The number of thiocarbonyl (C=S) groups is 1. The molecule has 1 amide bonds. The molecule has 0 aliphatic heterocycles. The van der Waals surface area contributed by atoms with Crippen LogP contribution in [0.25, 0.3) is 0 Å². The zero-order chi connectivity index (χ0) is 13.7. The first kappa shape index (κ1) is 14.9. The average Bonchev–Trinajstić information content (AvgIpc) is 2.27. The molecule has 98 valence electrons. The Morgan fingerprint density at radius 3 is 2.72 bits per heavy atom. The molecule has 0 fully saturated rings. The molecule has 0 saturated heterocycles. The maximum atomic E-state index is 12.1. The molecule has 0 aromatic heterocycles. The van der Waals surface area contributed by atoms with Gasteiger partial charge in [0.15, 0.2) is 0 Å². The Morgan fingerprint density at radius 2 is 2.22 bits per heavy atom. The van der Waals surface area contributed by atoms with Gasteiger partial charge in [0.1, 0.15) is 0 Å². The molecular formula is C13H17ClN2OS. The summed E-state index contributed by atoms with van der Waals surface area (Å²) in [5, 5.41) is 3.55. The molecule has 0 aliphatic rings. The topological polar surface area (TPSA) is 55.1 Å². The van der Waals surface area contributed by atoms with Crippen molar-refractivity contribution < 1.29 is 4.79 Å². The minimum atomic E-state index is -0.118. The van der Waals surface area contributed by atoms with Crippen molar-refractivity contribution in [2.24, 2.45) is 5.73 Å². The first-order valence-electron chi connectivity index (χ1n) is 5.79. The van der Waals surface area contributed by atoms with E-state index < -0.39 is 0 Å². The smallest absolute Gasteiger partial charge is 0.251 e. The summed E-state index contributed by atoms with van der Waals surface area (Å²) in [6.45, 7) is 3.84. The zero-order valence-electron chi connectivity index (χ0n) is 10.5. The molecule has 18 heavy (non-hydrogen) atoms. The number of aryl methyl sites for hydroxylation is 1. The molecule has 1 atom stereocenters. The van der Waals surface area contributed by atoms with Crippen LogP contribution >= 0.6 is 23.8 Å². The number of benzene rings is 1. The molecule has 0 saturated carbocycles. The van der Waals surface area contributed by atoms with Crippen LogP contribution in [0.4, 0.5) is 0 Å². The highest BCUT2D eigenvalue weighted by molar-refractivity contribution is 7.80. The predicted molar refractivity (Wildman–Crippen MR) is 79.1 cm³/mol. The van der Waals surface area contributed by atoms with Gasteiger partial charge in [0.2, 0.25) is 0 Å². The van der Waals surface area contributed by atoms with Crippen molar-refractivity contribution in [3.8, 4) is 0 Å². The Labute approximate surface area is 118 Å².